The summed E-state index contributed by atoms with van der Waals surface area (Å²) in [6.07, 6.45) is 3.33. The first kappa shape index (κ1) is 18.2. The van der Waals surface area contributed by atoms with Crippen LogP contribution < -0.4 is 9.62 Å². The number of hydrogen-bond donors (Lipinski definition) is 1. The molecule has 1 aromatic heterocycles. The van der Waals surface area contributed by atoms with E-state index in [-0.39, 0.29) is 10.5 Å². The van der Waals surface area contributed by atoms with Crippen LogP contribution in [0.1, 0.15) is 22.3 Å². The van der Waals surface area contributed by atoms with Crippen LogP contribution in [0.3, 0.4) is 0 Å². The highest BCUT2D eigenvalue weighted by atomic mass is 32.2. The van der Waals surface area contributed by atoms with Crippen LogP contribution in [0.2, 0.25) is 0 Å². The number of para-hydroxylation sites is 1. The highest BCUT2D eigenvalue weighted by Gasteiger charge is 2.29. The molecular weight excluding hydrogens is 376 g/mol. The van der Waals surface area contributed by atoms with Gasteiger partial charge in [-0.15, -0.1) is 0 Å². The van der Waals surface area contributed by atoms with Gasteiger partial charge in [0, 0.05) is 31.4 Å². The van der Waals surface area contributed by atoms with Crippen LogP contribution in [0, 0.1) is 0 Å². The van der Waals surface area contributed by atoms with Gasteiger partial charge < -0.3 is 5.32 Å². The fourth-order valence-corrected chi connectivity index (χ4v) is 4.93. The normalized spacial score (nSPS) is 13.8. The van der Waals surface area contributed by atoms with E-state index >= 15 is 0 Å². The Balaban J connectivity index is 1.64. The van der Waals surface area contributed by atoms with Crippen molar-refractivity contribution in [2.75, 3.05) is 16.2 Å². The average Bonchev–Trinajstić information content (AvgIpc) is 3.12. The number of sulfonamides is 1. The Morgan fingerprint density at radius 2 is 1.93 bits per heavy atom. The Morgan fingerprint density at radius 1 is 1.11 bits per heavy atom. The fraction of sp³-hybridized carbons (Fsp3) is 0.200. The van der Waals surface area contributed by atoms with Crippen molar-refractivity contribution in [2.24, 2.45) is 7.05 Å². The van der Waals surface area contributed by atoms with Gasteiger partial charge in [0.15, 0.2) is 5.82 Å². The molecule has 4 rings (SSSR count). The van der Waals surface area contributed by atoms with Gasteiger partial charge in [0.2, 0.25) is 0 Å². The van der Waals surface area contributed by atoms with E-state index in [0.29, 0.717) is 18.1 Å². The molecule has 144 valence electrons. The maximum Gasteiger partial charge on any atom is 0.264 e. The van der Waals surface area contributed by atoms with Crippen molar-refractivity contribution in [1.29, 1.82) is 0 Å². The van der Waals surface area contributed by atoms with E-state index in [1.165, 1.54) is 16.4 Å². The van der Waals surface area contributed by atoms with Gasteiger partial charge in [-0.1, -0.05) is 24.3 Å². The van der Waals surface area contributed by atoms with E-state index in [4.69, 9.17) is 0 Å². The molecule has 28 heavy (non-hydrogen) atoms. The van der Waals surface area contributed by atoms with E-state index < -0.39 is 15.9 Å². The van der Waals surface area contributed by atoms with Gasteiger partial charge in [0.1, 0.15) is 0 Å². The van der Waals surface area contributed by atoms with Crippen LogP contribution >= 0.6 is 0 Å². The molecule has 0 atom stereocenters. The summed E-state index contributed by atoms with van der Waals surface area (Å²) in [6, 6.07) is 15.3. The maximum absolute atomic E-state index is 13.3. The molecule has 0 unspecified atom stereocenters. The molecule has 0 fully saturated rings. The molecule has 0 spiro atoms. The third-order valence-corrected chi connectivity index (χ3v) is 6.52. The Kier molecular flexibility index (Phi) is 4.64. The van der Waals surface area contributed by atoms with Gasteiger partial charge in [0.25, 0.3) is 15.9 Å². The quantitative estimate of drug-likeness (QED) is 0.735. The summed E-state index contributed by atoms with van der Waals surface area (Å²) >= 11 is 0. The van der Waals surface area contributed by atoms with Crippen molar-refractivity contribution in [3.63, 3.8) is 0 Å². The zero-order chi connectivity index (χ0) is 19.7. The number of aryl methyl sites for hydroxylation is 2. The van der Waals surface area contributed by atoms with Gasteiger partial charge >= 0.3 is 0 Å². The molecule has 1 aliphatic rings. The zero-order valence-electron chi connectivity index (χ0n) is 15.4. The number of amides is 1. The summed E-state index contributed by atoms with van der Waals surface area (Å²) in [4.78, 5) is 12.6. The largest absolute Gasteiger partial charge is 0.305 e. The standard InChI is InChI=1S/C20H20N4O3S/c1-23-13-11-19(22-23)21-20(25)16-7-4-9-17(14-16)28(26,27)24-12-5-8-15-6-2-3-10-18(15)24/h2-4,6-7,9-11,13-14H,5,8,12H2,1H3,(H,21,22,25). The predicted molar refractivity (Wildman–Crippen MR) is 107 cm³/mol. The molecule has 1 N–H and O–H groups in total. The van der Waals surface area contributed by atoms with Gasteiger partial charge in [-0.05, 0) is 42.7 Å². The Bertz CT molecular complexity index is 1140. The van der Waals surface area contributed by atoms with Gasteiger partial charge in [0.05, 0.1) is 10.6 Å². The molecule has 7 nitrogen and oxygen atoms in total. The summed E-state index contributed by atoms with van der Waals surface area (Å²) in [5, 5.41) is 6.78. The van der Waals surface area contributed by atoms with Crippen LogP contribution in [-0.4, -0.2) is 30.7 Å². The van der Waals surface area contributed by atoms with Crippen LogP contribution in [0.5, 0.6) is 0 Å². The summed E-state index contributed by atoms with van der Waals surface area (Å²) in [5.41, 5.74) is 1.98. The van der Waals surface area contributed by atoms with Gasteiger partial charge in [-0.3, -0.25) is 13.8 Å². The minimum absolute atomic E-state index is 0.0953. The van der Waals surface area contributed by atoms with Crippen molar-refractivity contribution >= 4 is 27.4 Å². The zero-order valence-corrected chi connectivity index (χ0v) is 16.2. The second kappa shape index (κ2) is 7.12. The lowest BCUT2D eigenvalue weighted by molar-refractivity contribution is 0.102. The lowest BCUT2D eigenvalue weighted by Gasteiger charge is -2.30. The molecule has 2 heterocycles. The van der Waals surface area contributed by atoms with Crippen molar-refractivity contribution in [3.8, 4) is 0 Å². The molecule has 1 aliphatic heterocycles. The number of carbonyl (C=O) groups is 1. The Morgan fingerprint density at radius 3 is 2.71 bits per heavy atom. The molecule has 0 radical (unpaired) electrons. The van der Waals surface area contributed by atoms with E-state index in [1.807, 2.05) is 24.3 Å². The van der Waals surface area contributed by atoms with Gasteiger partial charge in [-0.2, -0.15) is 5.10 Å². The highest BCUT2D eigenvalue weighted by Crippen LogP contribution is 2.32. The first-order valence-electron chi connectivity index (χ1n) is 8.97. The van der Waals surface area contributed by atoms with Crippen LogP contribution in [0.25, 0.3) is 0 Å². The number of carbonyl (C=O) groups excluding carboxylic acids is 1. The minimum Gasteiger partial charge on any atom is -0.305 e. The smallest absolute Gasteiger partial charge is 0.264 e. The molecule has 0 aliphatic carbocycles. The van der Waals surface area contributed by atoms with Crippen molar-refractivity contribution < 1.29 is 13.2 Å². The summed E-state index contributed by atoms with van der Waals surface area (Å²) < 4.78 is 29.5. The van der Waals surface area contributed by atoms with E-state index in [1.54, 1.807) is 36.1 Å². The average molecular weight is 396 g/mol. The van der Waals surface area contributed by atoms with Crippen LogP contribution in [-0.2, 0) is 23.5 Å². The molecule has 0 saturated heterocycles. The summed E-state index contributed by atoms with van der Waals surface area (Å²) in [5.74, 6) is 0.000474. The van der Waals surface area contributed by atoms with Gasteiger partial charge in [-0.25, -0.2) is 8.42 Å². The third-order valence-electron chi connectivity index (χ3n) is 4.71. The van der Waals surface area contributed by atoms with Crippen molar-refractivity contribution in [3.05, 3.63) is 71.9 Å². The molecule has 2 aromatic carbocycles. The molecule has 8 heteroatoms. The second-order valence-corrected chi connectivity index (χ2v) is 8.53. The number of nitrogens with one attached hydrogen (secondary N) is 1. The van der Waals surface area contributed by atoms with Crippen molar-refractivity contribution in [2.45, 2.75) is 17.7 Å². The lowest BCUT2D eigenvalue weighted by Crippen LogP contribution is -2.35. The number of benzene rings is 2. The fourth-order valence-electron chi connectivity index (χ4n) is 3.34. The number of rotatable bonds is 4. The monoisotopic (exact) mass is 396 g/mol. The van der Waals surface area contributed by atoms with Crippen LogP contribution in [0.15, 0.2) is 65.7 Å². The van der Waals surface area contributed by atoms with Crippen LogP contribution in [0.4, 0.5) is 11.5 Å². The van der Waals surface area contributed by atoms with E-state index in [2.05, 4.69) is 10.4 Å². The number of hydrogen-bond acceptors (Lipinski definition) is 4. The number of anilines is 2. The third kappa shape index (κ3) is 3.38. The Labute approximate surface area is 163 Å². The molecule has 0 saturated carbocycles. The SMILES string of the molecule is Cn1ccc(NC(=O)c2cccc(S(=O)(=O)N3CCCc4ccccc43)c2)n1. The highest BCUT2D eigenvalue weighted by molar-refractivity contribution is 7.92. The summed E-state index contributed by atoms with van der Waals surface area (Å²) in [6.45, 7) is 0.420. The number of aromatic nitrogens is 2. The first-order chi connectivity index (χ1) is 13.4. The maximum atomic E-state index is 13.3. The first-order valence-corrected chi connectivity index (χ1v) is 10.4. The molecule has 1 amide bonds. The van der Waals surface area contributed by atoms with Crippen molar-refractivity contribution in [1.82, 2.24) is 9.78 Å². The molecule has 0 bridgehead atoms. The minimum atomic E-state index is -3.77. The van der Waals surface area contributed by atoms with E-state index in [0.717, 1.165) is 18.4 Å². The number of fused-ring (bicyclic) bond motifs is 1. The predicted octanol–water partition coefficient (Wildman–Crippen LogP) is 2.81. The topological polar surface area (TPSA) is 84.3 Å². The number of nitrogens with zero attached hydrogens (tertiary/aromatic N) is 3. The van der Waals surface area contributed by atoms with E-state index in [9.17, 15) is 13.2 Å². The summed E-state index contributed by atoms with van der Waals surface area (Å²) in [7, 11) is -2.02. The Hall–Kier alpha value is -3.13. The lowest BCUT2D eigenvalue weighted by atomic mass is 10.0. The molecular formula is C20H20N4O3S. The second-order valence-electron chi connectivity index (χ2n) is 6.67. The molecule has 3 aromatic rings.